The first-order valence-corrected chi connectivity index (χ1v) is 9.63. The summed E-state index contributed by atoms with van der Waals surface area (Å²) in [7, 11) is 1.56. The van der Waals surface area contributed by atoms with Crippen LogP contribution >= 0.6 is 0 Å². The largest absolute Gasteiger partial charge is 0.573 e. The summed E-state index contributed by atoms with van der Waals surface area (Å²) in [6.45, 7) is 0.149. The third-order valence-electron chi connectivity index (χ3n) is 5.41. The molecule has 1 atom stereocenters. The van der Waals surface area contributed by atoms with Gasteiger partial charge in [0, 0.05) is 11.1 Å². The van der Waals surface area contributed by atoms with E-state index in [0.717, 1.165) is 5.56 Å². The highest BCUT2D eigenvalue weighted by atomic mass is 19.4. The number of methoxy groups -OCH3 is 1. The van der Waals surface area contributed by atoms with Crippen LogP contribution in [0.1, 0.15) is 11.1 Å². The molecule has 0 aliphatic carbocycles. The van der Waals surface area contributed by atoms with Crippen LogP contribution in [-0.4, -0.2) is 26.1 Å². The van der Waals surface area contributed by atoms with Gasteiger partial charge in [0.15, 0.2) is 5.54 Å². The first kappa shape index (κ1) is 20.0. The SMILES string of the molecule is COc1ccc2c(c1)C1(COC(N)=N1)c1cc(-c3cccc(OC(F)(F)F)c3)ccc1O2. The van der Waals surface area contributed by atoms with Gasteiger partial charge in [-0.05, 0) is 53.6 Å². The minimum absolute atomic E-state index is 0.0394. The van der Waals surface area contributed by atoms with E-state index in [1.54, 1.807) is 37.4 Å². The summed E-state index contributed by atoms with van der Waals surface area (Å²) in [6.07, 6.45) is -4.78. The normalized spacial score (nSPS) is 18.8. The highest BCUT2D eigenvalue weighted by Gasteiger charge is 2.47. The molecule has 2 aliphatic heterocycles. The van der Waals surface area contributed by atoms with Gasteiger partial charge in [-0.2, -0.15) is 0 Å². The van der Waals surface area contributed by atoms with Crippen molar-refractivity contribution in [3.63, 3.8) is 0 Å². The Bertz CT molecular complexity index is 1240. The molecule has 0 fully saturated rings. The lowest BCUT2D eigenvalue weighted by Gasteiger charge is -2.34. The van der Waals surface area contributed by atoms with Crippen LogP contribution in [-0.2, 0) is 10.3 Å². The Kier molecular flexibility index (Phi) is 4.44. The van der Waals surface area contributed by atoms with E-state index in [-0.39, 0.29) is 18.4 Å². The maximum atomic E-state index is 12.7. The number of nitrogens with two attached hydrogens (primary N) is 1. The Morgan fingerprint density at radius 2 is 1.66 bits per heavy atom. The van der Waals surface area contributed by atoms with Crippen LogP contribution in [0.2, 0.25) is 0 Å². The number of ether oxygens (including phenoxy) is 4. The maximum Gasteiger partial charge on any atom is 0.573 e. The second-order valence-corrected chi connectivity index (χ2v) is 7.35. The lowest BCUT2D eigenvalue weighted by atomic mass is 9.80. The average Bonchev–Trinajstić information content (AvgIpc) is 3.15. The van der Waals surface area contributed by atoms with Gasteiger partial charge in [-0.15, -0.1) is 13.2 Å². The van der Waals surface area contributed by atoms with E-state index in [1.807, 2.05) is 12.1 Å². The number of amidine groups is 1. The summed E-state index contributed by atoms with van der Waals surface area (Å²) in [5, 5.41) is 0. The molecule has 0 amide bonds. The zero-order valence-electron chi connectivity index (χ0n) is 16.8. The number of alkyl halides is 3. The zero-order chi connectivity index (χ0) is 22.5. The van der Waals surface area contributed by atoms with Gasteiger partial charge in [-0.3, -0.25) is 0 Å². The molecule has 5 rings (SSSR count). The molecule has 0 bridgehead atoms. The van der Waals surface area contributed by atoms with Crippen molar-refractivity contribution in [3.8, 4) is 34.1 Å². The number of nitrogens with zero attached hydrogens (tertiary/aromatic N) is 1. The first-order chi connectivity index (χ1) is 15.3. The molecule has 1 unspecified atom stereocenters. The quantitative estimate of drug-likeness (QED) is 0.621. The molecule has 3 aromatic carbocycles. The summed E-state index contributed by atoms with van der Waals surface area (Å²) in [5.41, 5.74) is 7.51. The molecule has 9 heteroatoms. The predicted molar refractivity (Wildman–Crippen MR) is 110 cm³/mol. The fraction of sp³-hybridized carbons (Fsp3) is 0.174. The molecule has 2 aliphatic rings. The summed E-state index contributed by atoms with van der Waals surface area (Å²) >= 11 is 0. The second-order valence-electron chi connectivity index (χ2n) is 7.35. The van der Waals surface area contributed by atoms with Crippen molar-refractivity contribution < 1.29 is 32.1 Å². The molecule has 32 heavy (non-hydrogen) atoms. The van der Waals surface area contributed by atoms with Crippen molar-refractivity contribution in [1.82, 2.24) is 0 Å². The van der Waals surface area contributed by atoms with Gasteiger partial charge in [0.2, 0.25) is 0 Å². The van der Waals surface area contributed by atoms with Gasteiger partial charge < -0.3 is 24.7 Å². The molecule has 0 saturated carbocycles. The van der Waals surface area contributed by atoms with Crippen molar-refractivity contribution in [3.05, 3.63) is 71.8 Å². The van der Waals surface area contributed by atoms with Gasteiger partial charge >= 0.3 is 6.36 Å². The number of fused-ring (bicyclic) bond motifs is 4. The summed E-state index contributed by atoms with van der Waals surface area (Å²) < 4.78 is 59.0. The van der Waals surface area contributed by atoms with Crippen molar-refractivity contribution in [2.24, 2.45) is 10.7 Å². The zero-order valence-corrected chi connectivity index (χ0v) is 16.8. The van der Waals surface area contributed by atoms with Gasteiger partial charge in [-0.25, -0.2) is 4.99 Å². The third-order valence-corrected chi connectivity index (χ3v) is 5.41. The van der Waals surface area contributed by atoms with Crippen LogP contribution in [0, 0.1) is 0 Å². The standard InChI is InChI=1S/C23H17F3N2O4/c1-29-15-6-8-20-18(11-15)22(12-30-21(27)28-22)17-10-14(5-7-19(17)31-20)13-3-2-4-16(9-13)32-23(24,25)26/h2-11H,12H2,1H3,(H2,27,28). The number of halogens is 3. The number of benzene rings is 3. The van der Waals surface area contributed by atoms with Crippen LogP contribution in [0.15, 0.2) is 65.7 Å². The molecule has 1 spiro atoms. The van der Waals surface area contributed by atoms with E-state index < -0.39 is 11.9 Å². The summed E-state index contributed by atoms with van der Waals surface area (Å²) in [4.78, 5) is 4.60. The molecule has 2 N–H and O–H groups in total. The summed E-state index contributed by atoms with van der Waals surface area (Å²) in [6, 6.07) is 16.5. The van der Waals surface area contributed by atoms with Crippen molar-refractivity contribution in [1.29, 1.82) is 0 Å². The predicted octanol–water partition coefficient (Wildman–Crippen LogP) is 4.96. The minimum atomic E-state index is -4.78. The topological polar surface area (TPSA) is 75.3 Å². The fourth-order valence-electron chi connectivity index (χ4n) is 4.01. The van der Waals surface area contributed by atoms with Crippen LogP contribution in [0.25, 0.3) is 11.1 Å². The molecular formula is C23H17F3N2O4. The minimum Gasteiger partial charge on any atom is -0.497 e. The Morgan fingerprint density at radius 3 is 2.34 bits per heavy atom. The summed E-state index contributed by atoms with van der Waals surface area (Å²) in [5.74, 6) is 1.45. The number of hydrogen-bond donors (Lipinski definition) is 1. The fourth-order valence-corrected chi connectivity index (χ4v) is 4.01. The van der Waals surface area contributed by atoms with Crippen LogP contribution < -0.4 is 19.9 Å². The number of rotatable bonds is 3. The average molecular weight is 442 g/mol. The van der Waals surface area contributed by atoms with Crippen LogP contribution in [0.3, 0.4) is 0 Å². The van der Waals surface area contributed by atoms with Crippen molar-refractivity contribution in [2.75, 3.05) is 13.7 Å². The van der Waals surface area contributed by atoms with E-state index >= 15 is 0 Å². The van der Waals surface area contributed by atoms with Crippen molar-refractivity contribution in [2.45, 2.75) is 11.9 Å². The van der Waals surface area contributed by atoms with E-state index in [4.69, 9.17) is 19.9 Å². The molecule has 0 radical (unpaired) electrons. The lowest BCUT2D eigenvalue weighted by Crippen LogP contribution is -2.31. The van der Waals surface area contributed by atoms with E-state index in [1.165, 1.54) is 18.2 Å². The van der Waals surface area contributed by atoms with E-state index in [9.17, 15) is 13.2 Å². The Balaban J connectivity index is 1.64. The molecular weight excluding hydrogens is 425 g/mol. The van der Waals surface area contributed by atoms with E-state index in [0.29, 0.717) is 33.9 Å². The first-order valence-electron chi connectivity index (χ1n) is 9.63. The van der Waals surface area contributed by atoms with Gasteiger partial charge in [0.1, 0.15) is 29.6 Å². The smallest absolute Gasteiger partial charge is 0.497 e. The van der Waals surface area contributed by atoms with Gasteiger partial charge in [0.05, 0.1) is 7.11 Å². The highest BCUT2D eigenvalue weighted by Crippen LogP contribution is 2.52. The number of aliphatic imine (C=N–C) groups is 1. The lowest BCUT2D eigenvalue weighted by molar-refractivity contribution is -0.274. The van der Waals surface area contributed by atoms with Crippen LogP contribution in [0.4, 0.5) is 13.2 Å². The molecule has 2 heterocycles. The highest BCUT2D eigenvalue weighted by molar-refractivity contribution is 5.78. The van der Waals surface area contributed by atoms with Crippen LogP contribution in [0.5, 0.6) is 23.0 Å². The second kappa shape index (κ2) is 7.08. The Hall–Kier alpha value is -3.88. The molecule has 3 aromatic rings. The maximum absolute atomic E-state index is 12.7. The molecule has 0 aromatic heterocycles. The molecule has 164 valence electrons. The third kappa shape index (κ3) is 3.35. The Labute approximate surface area is 181 Å². The van der Waals surface area contributed by atoms with Crippen molar-refractivity contribution >= 4 is 6.02 Å². The van der Waals surface area contributed by atoms with Gasteiger partial charge in [-0.1, -0.05) is 18.2 Å². The monoisotopic (exact) mass is 442 g/mol. The van der Waals surface area contributed by atoms with E-state index in [2.05, 4.69) is 9.73 Å². The molecule has 0 saturated heterocycles. The van der Waals surface area contributed by atoms with Gasteiger partial charge in [0.25, 0.3) is 6.02 Å². The molecule has 6 nitrogen and oxygen atoms in total. The Morgan fingerprint density at radius 1 is 0.938 bits per heavy atom. The number of hydrogen-bond acceptors (Lipinski definition) is 6.